The van der Waals surface area contributed by atoms with Crippen molar-refractivity contribution in [3.63, 3.8) is 0 Å². The van der Waals surface area contributed by atoms with Crippen molar-refractivity contribution in [1.82, 2.24) is 5.32 Å². The summed E-state index contributed by atoms with van der Waals surface area (Å²) in [5.41, 5.74) is -0.134. The number of benzene rings is 1. The Balaban J connectivity index is 2.49. The number of methoxy groups -OCH3 is 2. The van der Waals surface area contributed by atoms with Crippen molar-refractivity contribution in [2.75, 3.05) is 26.1 Å². The Morgan fingerprint density at radius 1 is 1.15 bits per heavy atom. The molecule has 1 aromatic rings. The second kappa shape index (κ2) is 6.79. The van der Waals surface area contributed by atoms with Crippen LogP contribution in [-0.2, 0) is 9.53 Å². The van der Waals surface area contributed by atoms with E-state index >= 15 is 0 Å². The van der Waals surface area contributed by atoms with Gasteiger partial charge in [0.1, 0.15) is 5.75 Å². The highest BCUT2D eigenvalue weighted by molar-refractivity contribution is 5.89. The zero-order valence-corrected chi connectivity index (χ0v) is 12.1. The first-order chi connectivity index (χ1) is 9.39. The predicted octanol–water partition coefficient (Wildman–Crippen LogP) is 2.02. The summed E-state index contributed by atoms with van der Waals surface area (Å²) in [5.74, 6) is 0.338. The third-order valence-electron chi connectivity index (χ3n) is 2.78. The van der Waals surface area contributed by atoms with Gasteiger partial charge in [-0.2, -0.15) is 0 Å². The maximum atomic E-state index is 11.7. The van der Waals surface area contributed by atoms with Crippen LogP contribution in [0.2, 0.25) is 0 Å². The average Bonchev–Trinajstić information content (AvgIpc) is 2.45. The molecule has 0 heterocycles. The third-order valence-corrected chi connectivity index (χ3v) is 2.78. The van der Waals surface area contributed by atoms with Crippen molar-refractivity contribution >= 4 is 17.7 Å². The van der Waals surface area contributed by atoms with Gasteiger partial charge in [-0.25, -0.2) is 4.79 Å². The number of rotatable bonds is 5. The molecule has 0 atom stereocenters. The minimum atomic E-state index is -0.772. The van der Waals surface area contributed by atoms with Crippen LogP contribution in [-0.4, -0.2) is 32.8 Å². The van der Waals surface area contributed by atoms with E-state index in [-0.39, 0.29) is 18.5 Å². The quantitative estimate of drug-likeness (QED) is 0.809. The molecular weight excluding hydrogens is 260 g/mol. The molecular formula is C14H20N2O4. The van der Waals surface area contributed by atoms with E-state index in [9.17, 15) is 9.59 Å². The summed E-state index contributed by atoms with van der Waals surface area (Å²) in [6.07, 6.45) is 0. The molecule has 0 aromatic heterocycles. The number of anilines is 1. The summed E-state index contributed by atoms with van der Waals surface area (Å²) in [7, 11) is 2.89. The number of ether oxygens (including phenoxy) is 2. The summed E-state index contributed by atoms with van der Waals surface area (Å²) in [5, 5.41) is 5.30. The molecule has 0 aliphatic carbocycles. The molecule has 20 heavy (non-hydrogen) atoms. The molecule has 110 valence electrons. The molecule has 6 heteroatoms. The van der Waals surface area contributed by atoms with Gasteiger partial charge in [-0.05, 0) is 38.1 Å². The Morgan fingerprint density at radius 3 is 2.25 bits per heavy atom. The van der Waals surface area contributed by atoms with E-state index < -0.39 is 5.41 Å². The van der Waals surface area contributed by atoms with Crippen LogP contribution < -0.4 is 15.4 Å². The lowest BCUT2D eigenvalue weighted by Crippen LogP contribution is -2.41. The number of nitrogens with one attached hydrogen (secondary N) is 2. The van der Waals surface area contributed by atoms with Gasteiger partial charge in [0.05, 0.1) is 19.6 Å². The maximum Gasteiger partial charge on any atom is 0.319 e. The molecule has 2 N–H and O–H groups in total. The minimum Gasteiger partial charge on any atom is -0.497 e. The van der Waals surface area contributed by atoms with E-state index in [0.29, 0.717) is 11.4 Å². The first-order valence-corrected chi connectivity index (χ1v) is 6.16. The van der Waals surface area contributed by atoms with Crippen LogP contribution in [0.4, 0.5) is 10.5 Å². The zero-order chi connectivity index (χ0) is 15.2. The van der Waals surface area contributed by atoms with Gasteiger partial charge in [0.15, 0.2) is 0 Å². The van der Waals surface area contributed by atoms with Gasteiger partial charge < -0.3 is 20.1 Å². The van der Waals surface area contributed by atoms with Crippen LogP contribution in [0.1, 0.15) is 13.8 Å². The average molecular weight is 280 g/mol. The Bertz CT molecular complexity index is 469. The second-order valence-electron chi connectivity index (χ2n) is 4.91. The highest BCUT2D eigenvalue weighted by atomic mass is 16.5. The Morgan fingerprint density at radius 2 is 1.75 bits per heavy atom. The molecule has 6 nitrogen and oxygen atoms in total. The lowest BCUT2D eigenvalue weighted by Gasteiger charge is -2.21. The molecule has 0 unspecified atom stereocenters. The fourth-order valence-electron chi connectivity index (χ4n) is 1.50. The Labute approximate surface area is 118 Å². The van der Waals surface area contributed by atoms with Crippen molar-refractivity contribution in [3.8, 4) is 5.75 Å². The number of carbonyl (C=O) groups excluding carboxylic acids is 2. The Hall–Kier alpha value is -2.24. The van der Waals surface area contributed by atoms with Crippen LogP contribution in [0.25, 0.3) is 0 Å². The highest BCUT2D eigenvalue weighted by Crippen LogP contribution is 2.16. The second-order valence-corrected chi connectivity index (χ2v) is 4.91. The predicted molar refractivity (Wildman–Crippen MR) is 75.8 cm³/mol. The van der Waals surface area contributed by atoms with Crippen LogP contribution in [0.15, 0.2) is 24.3 Å². The smallest absolute Gasteiger partial charge is 0.319 e. The van der Waals surface area contributed by atoms with Gasteiger partial charge in [-0.3, -0.25) is 4.79 Å². The summed E-state index contributed by atoms with van der Waals surface area (Å²) in [4.78, 5) is 23.2. The molecule has 1 rings (SSSR count). The molecule has 0 aliphatic rings. The summed E-state index contributed by atoms with van der Waals surface area (Å²) in [6.45, 7) is 3.58. The first kappa shape index (κ1) is 15.8. The molecule has 0 saturated carbocycles. The molecule has 1 aromatic carbocycles. The normalized spacial score (nSPS) is 10.6. The number of urea groups is 1. The summed E-state index contributed by atoms with van der Waals surface area (Å²) < 4.78 is 9.69. The largest absolute Gasteiger partial charge is 0.497 e. The number of amides is 2. The van der Waals surface area contributed by atoms with E-state index in [1.807, 2.05) is 0 Å². The van der Waals surface area contributed by atoms with Crippen LogP contribution in [0, 0.1) is 5.41 Å². The van der Waals surface area contributed by atoms with Crippen molar-refractivity contribution in [3.05, 3.63) is 24.3 Å². The van der Waals surface area contributed by atoms with Gasteiger partial charge in [0.2, 0.25) is 0 Å². The lowest BCUT2D eigenvalue weighted by molar-refractivity contribution is -0.150. The van der Waals surface area contributed by atoms with Gasteiger partial charge in [-0.15, -0.1) is 0 Å². The van der Waals surface area contributed by atoms with E-state index in [1.54, 1.807) is 45.2 Å². The SMILES string of the molecule is COC(=O)C(C)(C)CNC(=O)Nc1ccc(OC)cc1. The minimum absolute atomic E-state index is 0.182. The van der Waals surface area contributed by atoms with E-state index in [2.05, 4.69) is 15.4 Å². The van der Waals surface area contributed by atoms with E-state index in [0.717, 1.165) is 0 Å². The van der Waals surface area contributed by atoms with Crippen molar-refractivity contribution in [1.29, 1.82) is 0 Å². The fourth-order valence-corrected chi connectivity index (χ4v) is 1.50. The van der Waals surface area contributed by atoms with Crippen molar-refractivity contribution < 1.29 is 19.1 Å². The highest BCUT2D eigenvalue weighted by Gasteiger charge is 2.29. The lowest BCUT2D eigenvalue weighted by atomic mass is 9.94. The first-order valence-electron chi connectivity index (χ1n) is 6.16. The number of hydrogen-bond donors (Lipinski definition) is 2. The molecule has 0 aliphatic heterocycles. The summed E-state index contributed by atoms with van der Waals surface area (Å²) >= 11 is 0. The van der Waals surface area contributed by atoms with Crippen molar-refractivity contribution in [2.45, 2.75) is 13.8 Å². The van der Waals surface area contributed by atoms with Gasteiger partial charge in [-0.1, -0.05) is 0 Å². The monoisotopic (exact) mass is 280 g/mol. The summed E-state index contributed by atoms with van der Waals surface area (Å²) in [6, 6.07) is 6.56. The van der Waals surface area contributed by atoms with Gasteiger partial charge in [0, 0.05) is 12.2 Å². The molecule has 0 bridgehead atoms. The molecule has 0 fully saturated rings. The molecule has 0 spiro atoms. The van der Waals surface area contributed by atoms with Crippen LogP contribution >= 0.6 is 0 Å². The fraction of sp³-hybridized carbons (Fsp3) is 0.429. The number of esters is 1. The van der Waals surface area contributed by atoms with Crippen molar-refractivity contribution in [2.24, 2.45) is 5.41 Å². The standard InChI is InChI=1S/C14H20N2O4/c1-14(2,12(17)20-4)9-15-13(18)16-10-5-7-11(19-3)8-6-10/h5-8H,9H2,1-4H3,(H2,15,16,18). The third kappa shape index (κ3) is 4.46. The molecule has 0 radical (unpaired) electrons. The maximum absolute atomic E-state index is 11.7. The topological polar surface area (TPSA) is 76.7 Å². The van der Waals surface area contributed by atoms with Crippen LogP contribution in [0.3, 0.4) is 0 Å². The molecule has 2 amide bonds. The van der Waals surface area contributed by atoms with E-state index in [4.69, 9.17) is 4.74 Å². The zero-order valence-electron chi connectivity index (χ0n) is 12.1. The number of carbonyl (C=O) groups is 2. The molecule has 0 saturated heterocycles. The van der Waals surface area contributed by atoms with Gasteiger partial charge >= 0.3 is 12.0 Å². The Kier molecular flexibility index (Phi) is 5.37. The van der Waals surface area contributed by atoms with Crippen LogP contribution in [0.5, 0.6) is 5.75 Å². The number of hydrogen-bond acceptors (Lipinski definition) is 4. The van der Waals surface area contributed by atoms with Gasteiger partial charge in [0.25, 0.3) is 0 Å². The van der Waals surface area contributed by atoms with E-state index in [1.165, 1.54) is 7.11 Å².